The molecule has 1 nitrogen and oxygen atoms in total. The highest BCUT2D eigenvalue weighted by atomic mass is 15.1. The smallest absolute Gasteiger partial charge is 0.0540 e. The van der Waals surface area contributed by atoms with Crippen LogP contribution < -0.4 is 4.90 Å². The lowest BCUT2D eigenvalue weighted by Gasteiger charge is -2.45. The molecular weight excluding hydrogens is 591 g/mol. The zero-order valence-corrected chi connectivity index (χ0v) is 27.5. The molecule has 10 rings (SSSR count). The fourth-order valence-electron chi connectivity index (χ4n) is 9.71. The number of nitrogens with zero attached hydrogens (tertiary/aromatic N) is 1. The van der Waals surface area contributed by atoms with Gasteiger partial charge in [0.15, 0.2) is 0 Å². The Morgan fingerprint density at radius 1 is 0.327 bits per heavy atom. The zero-order valence-electron chi connectivity index (χ0n) is 27.5. The molecule has 1 saturated carbocycles. The average Bonchev–Trinajstić information content (AvgIpc) is 3.60. The summed E-state index contributed by atoms with van der Waals surface area (Å²) >= 11 is 0. The largest absolute Gasteiger partial charge is 0.310 e. The van der Waals surface area contributed by atoms with Gasteiger partial charge in [0.25, 0.3) is 0 Å². The standard InChI is InChI=1S/C48H37N/c1-3-15-35(16-4-1)49(36-17-5-2-6-18-36)46-26-14-10-19-37(46)34-27-28-41-40-22-9-13-25-44(40)48(45(41)33-34)31-29-47(30-32-48)42-23-11-7-20-38(42)39-21-8-12-24-43(39)47/h1-28,33H,29-32H2. The van der Waals surface area contributed by atoms with Crippen LogP contribution in [0.25, 0.3) is 33.4 Å². The highest BCUT2D eigenvalue weighted by Gasteiger charge is 2.52. The Morgan fingerprint density at radius 3 is 1.22 bits per heavy atom. The van der Waals surface area contributed by atoms with E-state index >= 15 is 0 Å². The van der Waals surface area contributed by atoms with Gasteiger partial charge in [0, 0.05) is 27.8 Å². The fourth-order valence-corrected chi connectivity index (χ4v) is 9.71. The normalized spacial score (nSPS) is 15.8. The number of para-hydroxylation sites is 3. The third-order valence-corrected chi connectivity index (χ3v) is 11.9. The third kappa shape index (κ3) is 4.12. The maximum Gasteiger partial charge on any atom is 0.0540 e. The molecule has 3 aliphatic rings. The van der Waals surface area contributed by atoms with Crippen LogP contribution in [-0.2, 0) is 10.8 Å². The second-order valence-corrected chi connectivity index (χ2v) is 14.1. The van der Waals surface area contributed by atoms with Gasteiger partial charge in [-0.15, -0.1) is 0 Å². The van der Waals surface area contributed by atoms with Crippen molar-refractivity contribution in [2.24, 2.45) is 0 Å². The van der Waals surface area contributed by atoms with Crippen molar-refractivity contribution < 1.29 is 0 Å². The summed E-state index contributed by atoms with van der Waals surface area (Å²) in [6, 6.07) is 65.4. The topological polar surface area (TPSA) is 3.24 Å². The Hall–Kier alpha value is -5.66. The molecule has 7 aromatic carbocycles. The molecule has 0 atom stereocenters. The first-order valence-electron chi connectivity index (χ1n) is 17.7. The van der Waals surface area contributed by atoms with Gasteiger partial charge in [-0.25, -0.2) is 0 Å². The monoisotopic (exact) mass is 627 g/mol. The zero-order chi connectivity index (χ0) is 32.4. The van der Waals surface area contributed by atoms with E-state index < -0.39 is 0 Å². The molecule has 234 valence electrons. The molecule has 3 aliphatic carbocycles. The molecule has 49 heavy (non-hydrogen) atoms. The molecular formula is C48H37N. The SMILES string of the molecule is c1ccc(N(c2ccccc2)c2ccccc2-c2ccc3c(c2)C2(CCC4(CC2)c2ccccc2-c2ccccc24)c2ccccc2-3)cc1. The van der Waals surface area contributed by atoms with E-state index in [0.717, 1.165) is 37.1 Å². The molecule has 1 fully saturated rings. The molecule has 2 spiro atoms. The summed E-state index contributed by atoms with van der Waals surface area (Å²) in [4.78, 5) is 2.40. The summed E-state index contributed by atoms with van der Waals surface area (Å²) in [5, 5.41) is 0. The summed E-state index contributed by atoms with van der Waals surface area (Å²) in [6.45, 7) is 0. The number of rotatable bonds is 4. The van der Waals surface area contributed by atoms with Crippen molar-refractivity contribution in [3.63, 3.8) is 0 Å². The summed E-state index contributed by atoms with van der Waals surface area (Å²) in [5.74, 6) is 0. The molecule has 0 unspecified atom stereocenters. The van der Waals surface area contributed by atoms with Crippen LogP contribution in [0.2, 0.25) is 0 Å². The van der Waals surface area contributed by atoms with E-state index in [0.29, 0.717) is 0 Å². The first-order chi connectivity index (χ1) is 24.3. The van der Waals surface area contributed by atoms with Crippen LogP contribution in [0.4, 0.5) is 17.1 Å². The maximum atomic E-state index is 2.55. The van der Waals surface area contributed by atoms with E-state index in [4.69, 9.17) is 0 Å². The molecule has 0 aliphatic heterocycles. The quantitative estimate of drug-likeness (QED) is 0.188. The first-order valence-corrected chi connectivity index (χ1v) is 17.7. The third-order valence-electron chi connectivity index (χ3n) is 11.9. The Morgan fingerprint density at radius 2 is 0.714 bits per heavy atom. The van der Waals surface area contributed by atoms with Gasteiger partial charge in [-0.2, -0.15) is 0 Å². The second kappa shape index (κ2) is 10.9. The lowest BCUT2D eigenvalue weighted by atomic mass is 9.57. The average molecular weight is 628 g/mol. The van der Waals surface area contributed by atoms with Gasteiger partial charge in [0.1, 0.15) is 0 Å². The molecule has 0 amide bonds. The van der Waals surface area contributed by atoms with Gasteiger partial charge < -0.3 is 4.90 Å². The highest BCUT2D eigenvalue weighted by molar-refractivity contribution is 5.91. The Kier molecular flexibility index (Phi) is 6.33. The number of hydrogen-bond donors (Lipinski definition) is 0. The van der Waals surface area contributed by atoms with Crippen LogP contribution in [0, 0.1) is 0 Å². The van der Waals surface area contributed by atoms with E-state index in [1.807, 2.05) is 0 Å². The molecule has 0 saturated heterocycles. The summed E-state index contributed by atoms with van der Waals surface area (Å²) in [6.07, 6.45) is 4.55. The molecule has 0 N–H and O–H groups in total. The van der Waals surface area contributed by atoms with Gasteiger partial charge in [-0.3, -0.25) is 0 Å². The molecule has 0 heterocycles. The van der Waals surface area contributed by atoms with E-state index in [9.17, 15) is 0 Å². The maximum absolute atomic E-state index is 2.55. The van der Waals surface area contributed by atoms with Crippen molar-refractivity contribution in [2.75, 3.05) is 4.90 Å². The molecule has 7 aromatic rings. The van der Waals surface area contributed by atoms with Crippen LogP contribution in [0.5, 0.6) is 0 Å². The van der Waals surface area contributed by atoms with Crippen molar-refractivity contribution in [3.05, 3.63) is 198 Å². The molecule has 0 bridgehead atoms. The van der Waals surface area contributed by atoms with Crippen molar-refractivity contribution in [2.45, 2.75) is 36.5 Å². The van der Waals surface area contributed by atoms with Crippen LogP contribution in [0.15, 0.2) is 176 Å². The predicted octanol–water partition coefficient (Wildman–Crippen LogP) is 12.6. The lowest BCUT2D eigenvalue weighted by molar-refractivity contribution is 0.265. The van der Waals surface area contributed by atoms with Crippen LogP contribution in [0.1, 0.15) is 47.9 Å². The summed E-state index contributed by atoms with van der Waals surface area (Å²) in [7, 11) is 0. The number of anilines is 3. The Labute approximate surface area is 289 Å². The fraction of sp³-hybridized carbons (Fsp3) is 0.125. The van der Waals surface area contributed by atoms with Crippen LogP contribution in [0.3, 0.4) is 0 Å². The van der Waals surface area contributed by atoms with Gasteiger partial charge in [-0.05, 0) is 112 Å². The molecule has 0 radical (unpaired) electrons. The van der Waals surface area contributed by atoms with Gasteiger partial charge >= 0.3 is 0 Å². The highest BCUT2D eigenvalue weighted by Crippen LogP contribution is 2.63. The molecule has 0 aromatic heterocycles. The van der Waals surface area contributed by atoms with Gasteiger partial charge in [0.2, 0.25) is 0 Å². The van der Waals surface area contributed by atoms with Gasteiger partial charge in [-0.1, -0.05) is 140 Å². The lowest BCUT2D eigenvalue weighted by Crippen LogP contribution is -2.39. The van der Waals surface area contributed by atoms with E-state index in [1.54, 1.807) is 0 Å². The van der Waals surface area contributed by atoms with Crippen molar-refractivity contribution in [1.82, 2.24) is 0 Å². The van der Waals surface area contributed by atoms with Crippen molar-refractivity contribution >= 4 is 17.1 Å². The van der Waals surface area contributed by atoms with Crippen LogP contribution >= 0.6 is 0 Å². The summed E-state index contributed by atoms with van der Waals surface area (Å²) < 4.78 is 0. The minimum absolute atomic E-state index is 0.00679. The van der Waals surface area contributed by atoms with Crippen molar-refractivity contribution in [1.29, 1.82) is 0 Å². The van der Waals surface area contributed by atoms with E-state index in [2.05, 4.69) is 181 Å². The predicted molar refractivity (Wildman–Crippen MR) is 204 cm³/mol. The van der Waals surface area contributed by atoms with Gasteiger partial charge in [0.05, 0.1) is 5.69 Å². The second-order valence-electron chi connectivity index (χ2n) is 14.1. The molecule has 1 heteroatoms. The summed E-state index contributed by atoms with van der Waals surface area (Å²) in [5.41, 5.74) is 17.8. The number of hydrogen-bond acceptors (Lipinski definition) is 1. The number of fused-ring (bicyclic) bond motifs is 10. The Balaban J connectivity index is 1.11. The van der Waals surface area contributed by atoms with E-state index in [1.165, 1.54) is 61.3 Å². The van der Waals surface area contributed by atoms with Crippen LogP contribution in [-0.4, -0.2) is 0 Å². The minimum atomic E-state index is -0.00679. The minimum Gasteiger partial charge on any atom is -0.310 e. The number of benzene rings is 7. The van der Waals surface area contributed by atoms with E-state index in [-0.39, 0.29) is 10.8 Å². The van der Waals surface area contributed by atoms with Crippen molar-refractivity contribution in [3.8, 4) is 33.4 Å². The first kappa shape index (κ1) is 28.4. The Bertz CT molecular complexity index is 2260.